The third kappa shape index (κ3) is 4.42. The highest BCUT2D eigenvalue weighted by atomic mass is 79.9. The summed E-state index contributed by atoms with van der Waals surface area (Å²) in [5.74, 6) is 0.713. The third-order valence-corrected chi connectivity index (χ3v) is 4.35. The molecule has 0 aliphatic rings. The lowest BCUT2D eigenvalue weighted by atomic mass is 10.1. The lowest BCUT2D eigenvalue weighted by Gasteiger charge is -2.08. The Bertz CT molecular complexity index is 732. The highest BCUT2D eigenvalue weighted by Gasteiger charge is 2.06. The number of benzene rings is 1. The van der Waals surface area contributed by atoms with Gasteiger partial charge in [0.25, 0.3) is 0 Å². The number of halogens is 1. The maximum atomic E-state index is 11.1. The van der Waals surface area contributed by atoms with E-state index in [2.05, 4.69) is 26.2 Å². The monoisotopic (exact) mass is 370 g/mol. The van der Waals surface area contributed by atoms with Crippen LogP contribution in [-0.2, 0) is 16.4 Å². The Labute approximate surface area is 131 Å². The molecule has 6 nitrogen and oxygen atoms in total. The van der Waals surface area contributed by atoms with Gasteiger partial charge in [-0.15, -0.1) is 0 Å². The Kier molecular flexibility index (Phi) is 4.81. The van der Waals surface area contributed by atoms with E-state index in [-0.39, 0.29) is 4.90 Å². The van der Waals surface area contributed by atoms with Gasteiger partial charge in [0.1, 0.15) is 5.82 Å². The van der Waals surface area contributed by atoms with E-state index in [0.29, 0.717) is 18.1 Å². The fourth-order valence-electron chi connectivity index (χ4n) is 1.75. The zero-order valence-electron chi connectivity index (χ0n) is 11.1. The molecule has 0 bridgehead atoms. The van der Waals surface area contributed by atoms with Gasteiger partial charge in [-0.05, 0) is 46.1 Å². The molecule has 1 heterocycles. The fourth-order valence-corrected chi connectivity index (χ4v) is 2.78. The van der Waals surface area contributed by atoms with E-state index in [1.54, 1.807) is 24.4 Å². The van der Waals surface area contributed by atoms with E-state index in [1.807, 2.05) is 0 Å². The molecule has 5 N–H and O–H groups in total. The predicted octanol–water partition coefficient (Wildman–Crippen LogP) is 1.73. The first-order chi connectivity index (χ1) is 9.86. The molecule has 21 heavy (non-hydrogen) atoms. The molecule has 0 unspecified atom stereocenters. The summed E-state index contributed by atoms with van der Waals surface area (Å²) in [6, 6.07) is 8.26. The minimum absolute atomic E-state index is 0.113. The van der Waals surface area contributed by atoms with E-state index in [0.717, 1.165) is 16.5 Å². The number of hydrogen-bond acceptors (Lipinski definition) is 5. The van der Waals surface area contributed by atoms with Crippen LogP contribution in [0.15, 0.2) is 45.9 Å². The second-order valence-electron chi connectivity index (χ2n) is 4.46. The van der Waals surface area contributed by atoms with Gasteiger partial charge in [-0.25, -0.2) is 18.5 Å². The van der Waals surface area contributed by atoms with Gasteiger partial charge in [0.05, 0.1) is 21.3 Å². The Balaban J connectivity index is 1.94. The van der Waals surface area contributed by atoms with Crippen LogP contribution < -0.4 is 16.2 Å². The summed E-state index contributed by atoms with van der Waals surface area (Å²) in [6.45, 7) is 0.657. The van der Waals surface area contributed by atoms with Gasteiger partial charge in [0.15, 0.2) is 0 Å². The minimum Gasteiger partial charge on any atom is -0.397 e. The maximum Gasteiger partial charge on any atom is 0.238 e. The Morgan fingerprint density at radius 1 is 1.24 bits per heavy atom. The number of hydrogen-bond donors (Lipinski definition) is 3. The topological polar surface area (TPSA) is 111 Å². The lowest BCUT2D eigenvalue weighted by Crippen LogP contribution is -2.12. The van der Waals surface area contributed by atoms with Gasteiger partial charge < -0.3 is 11.1 Å². The summed E-state index contributed by atoms with van der Waals surface area (Å²) in [6.07, 6.45) is 2.30. The number of pyridine rings is 1. The van der Waals surface area contributed by atoms with E-state index < -0.39 is 10.0 Å². The summed E-state index contributed by atoms with van der Waals surface area (Å²) in [5.41, 5.74) is 7.21. The summed E-state index contributed by atoms with van der Waals surface area (Å²) in [5, 5.41) is 8.22. The molecule has 0 spiro atoms. The number of primary sulfonamides is 1. The Hall–Kier alpha value is -1.64. The van der Waals surface area contributed by atoms with Crippen LogP contribution in [0.5, 0.6) is 0 Å². The predicted molar refractivity (Wildman–Crippen MR) is 86.4 cm³/mol. The maximum absolute atomic E-state index is 11.1. The van der Waals surface area contributed by atoms with Crippen LogP contribution in [0.25, 0.3) is 0 Å². The quantitative estimate of drug-likeness (QED) is 0.741. The van der Waals surface area contributed by atoms with Crippen LogP contribution in [0.2, 0.25) is 0 Å². The number of nitrogens with zero attached hydrogens (tertiary/aromatic N) is 1. The Morgan fingerprint density at radius 2 is 1.90 bits per heavy atom. The van der Waals surface area contributed by atoms with Crippen molar-refractivity contribution in [3.8, 4) is 0 Å². The number of anilines is 2. The van der Waals surface area contributed by atoms with Crippen LogP contribution in [0.3, 0.4) is 0 Å². The summed E-state index contributed by atoms with van der Waals surface area (Å²) in [4.78, 5) is 4.29. The average molecular weight is 371 g/mol. The molecule has 0 aliphatic carbocycles. The van der Waals surface area contributed by atoms with Crippen molar-refractivity contribution in [3.63, 3.8) is 0 Å². The summed E-state index contributed by atoms with van der Waals surface area (Å²) in [7, 11) is -3.64. The van der Waals surface area contributed by atoms with Crippen molar-refractivity contribution < 1.29 is 8.42 Å². The molecule has 112 valence electrons. The van der Waals surface area contributed by atoms with E-state index in [1.165, 1.54) is 12.1 Å². The molecule has 0 saturated heterocycles. The number of sulfonamides is 1. The molecule has 0 atom stereocenters. The molecule has 2 rings (SSSR count). The van der Waals surface area contributed by atoms with Gasteiger partial charge in [-0.2, -0.15) is 0 Å². The summed E-state index contributed by atoms with van der Waals surface area (Å²) >= 11 is 3.38. The van der Waals surface area contributed by atoms with E-state index >= 15 is 0 Å². The third-order valence-electron chi connectivity index (χ3n) is 2.82. The zero-order valence-corrected chi connectivity index (χ0v) is 13.5. The van der Waals surface area contributed by atoms with Gasteiger partial charge in [0, 0.05) is 6.54 Å². The Morgan fingerprint density at radius 3 is 2.48 bits per heavy atom. The van der Waals surface area contributed by atoms with Crippen molar-refractivity contribution in [3.05, 3.63) is 46.6 Å². The van der Waals surface area contributed by atoms with Crippen molar-refractivity contribution >= 4 is 37.5 Å². The van der Waals surface area contributed by atoms with Crippen molar-refractivity contribution in [2.45, 2.75) is 11.3 Å². The smallest absolute Gasteiger partial charge is 0.238 e. The molecule has 1 aromatic heterocycles. The van der Waals surface area contributed by atoms with Crippen LogP contribution >= 0.6 is 15.9 Å². The van der Waals surface area contributed by atoms with Crippen LogP contribution in [0.1, 0.15) is 5.56 Å². The molecule has 0 radical (unpaired) electrons. The van der Waals surface area contributed by atoms with Crippen molar-refractivity contribution in [1.82, 2.24) is 4.98 Å². The number of nitrogens with two attached hydrogens (primary N) is 2. The van der Waals surface area contributed by atoms with Crippen LogP contribution in [-0.4, -0.2) is 19.9 Å². The van der Waals surface area contributed by atoms with Crippen molar-refractivity contribution in [1.29, 1.82) is 0 Å². The number of nitrogens with one attached hydrogen (secondary N) is 1. The highest BCUT2D eigenvalue weighted by molar-refractivity contribution is 9.10. The number of nitrogen functional groups attached to an aromatic ring is 1. The molecular formula is C13H15BrN4O2S. The largest absolute Gasteiger partial charge is 0.397 e. The SMILES string of the molecule is Nc1cnc(NCCc2ccc(S(N)(=O)=O)cc2)c(Br)c1. The normalized spacial score (nSPS) is 11.3. The van der Waals surface area contributed by atoms with E-state index in [9.17, 15) is 8.42 Å². The van der Waals surface area contributed by atoms with Gasteiger partial charge in [0.2, 0.25) is 10.0 Å². The van der Waals surface area contributed by atoms with Crippen molar-refractivity contribution in [2.75, 3.05) is 17.6 Å². The molecule has 2 aromatic rings. The molecule has 0 fully saturated rings. The standard InChI is InChI=1S/C13H15BrN4O2S/c14-12-7-10(15)8-18-13(12)17-6-5-9-1-3-11(4-2-9)21(16,19)20/h1-4,7-8H,5-6,15H2,(H,17,18)(H2,16,19,20). The van der Waals surface area contributed by atoms with Crippen molar-refractivity contribution in [2.24, 2.45) is 5.14 Å². The summed E-state index contributed by atoms with van der Waals surface area (Å²) < 4.78 is 23.1. The fraction of sp³-hybridized carbons (Fsp3) is 0.154. The number of aromatic nitrogens is 1. The highest BCUT2D eigenvalue weighted by Crippen LogP contribution is 2.21. The first kappa shape index (κ1) is 15.7. The average Bonchev–Trinajstić information content (AvgIpc) is 2.41. The second-order valence-corrected chi connectivity index (χ2v) is 6.88. The molecule has 0 saturated carbocycles. The van der Waals surface area contributed by atoms with E-state index in [4.69, 9.17) is 10.9 Å². The second kappa shape index (κ2) is 6.42. The van der Waals surface area contributed by atoms with Gasteiger partial charge >= 0.3 is 0 Å². The van der Waals surface area contributed by atoms with Gasteiger partial charge in [-0.3, -0.25) is 0 Å². The molecule has 0 aliphatic heterocycles. The first-order valence-corrected chi connectivity index (χ1v) is 8.47. The molecule has 0 amide bonds. The van der Waals surface area contributed by atoms with Crippen LogP contribution in [0, 0.1) is 0 Å². The lowest BCUT2D eigenvalue weighted by molar-refractivity contribution is 0.598. The first-order valence-electron chi connectivity index (χ1n) is 6.13. The molecule has 1 aromatic carbocycles. The van der Waals surface area contributed by atoms with Gasteiger partial charge in [-0.1, -0.05) is 12.1 Å². The van der Waals surface area contributed by atoms with Crippen LogP contribution in [0.4, 0.5) is 11.5 Å². The zero-order chi connectivity index (χ0) is 15.5. The minimum atomic E-state index is -3.64. The molecular weight excluding hydrogens is 356 g/mol. The molecule has 8 heteroatoms. The number of rotatable bonds is 5.